The number of carbonyl (C=O) groups excluding carboxylic acids is 1. The predicted molar refractivity (Wildman–Crippen MR) is 129 cm³/mol. The fourth-order valence-corrected chi connectivity index (χ4v) is 5.18. The zero-order valence-corrected chi connectivity index (χ0v) is 19.8. The van der Waals surface area contributed by atoms with E-state index in [0.717, 1.165) is 35.2 Å². The number of amides is 1. The first-order chi connectivity index (χ1) is 16.0. The lowest BCUT2D eigenvalue weighted by Crippen LogP contribution is -2.63. The van der Waals surface area contributed by atoms with Crippen molar-refractivity contribution in [3.05, 3.63) is 52.0 Å². The number of aliphatic hydroxyl groups is 1. The highest BCUT2D eigenvalue weighted by molar-refractivity contribution is 6.35. The lowest BCUT2D eigenvalue weighted by molar-refractivity contribution is -0.139. The Balaban J connectivity index is 1.40. The minimum absolute atomic E-state index is 0.0667. The molecule has 10 heteroatoms. The summed E-state index contributed by atoms with van der Waals surface area (Å²) in [6, 6.07) is 11.0. The number of piperazine rings is 1. The van der Waals surface area contributed by atoms with Crippen LogP contribution in [0.1, 0.15) is 24.9 Å². The smallest absolute Gasteiger partial charge is 0.240 e. The zero-order chi connectivity index (χ0) is 23.1. The number of benzene rings is 2. The highest BCUT2D eigenvalue weighted by Gasteiger charge is 2.36. The molecule has 3 aromatic rings. The molecule has 3 heterocycles. The van der Waals surface area contributed by atoms with Crippen molar-refractivity contribution in [3.8, 4) is 0 Å². The van der Waals surface area contributed by atoms with Crippen molar-refractivity contribution in [1.82, 2.24) is 25.2 Å². The topological polar surface area (TPSA) is 86.5 Å². The van der Waals surface area contributed by atoms with Crippen LogP contribution in [0.3, 0.4) is 0 Å². The van der Waals surface area contributed by atoms with Gasteiger partial charge in [-0.3, -0.25) is 4.79 Å². The molecular weight excluding hydrogens is 463 g/mol. The molecule has 2 aliphatic heterocycles. The molecule has 174 valence electrons. The van der Waals surface area contributed by atoms with Crippen molar-refractivity contribution in [2.45, 2.75) is 31.5 Å². The first kappa shape index (κ1) is 22.4. The van der Waals surface area contributed by atoms with Crippen LogP contribution < -0.4 is 10.2 Å². The third kappa shape index (κ3) is 4.17. The molecule has 1 amide bonds. The SMILES string of the molecule is C[C@H](c1ccc(Cl)cc1Cl)n1nnc2ccc(N3CCN(C(=O)[C@H]4CCN4)[C@H](CO)C3)cc21. The fourth-order valence-electron chi connectivity index (χ4n) is 4.62. The van der Waals surface area contributed by atoms with Gasteiger partial charge in [-0.1, -0.05) is 34.5 Å². The molecule has 0 aliphatic carbocycles. The second-order valence-corrected chi connectivity index (χ2v) is 9.50. The van der Waals surface area contributed by atoms with E-state index >= 15 is 0 Å². The molecule has 3 atom stereocenters. The number of aromatic nitrogens is 3. The fraction of sp³-hybridized carbons (Fsp3) is 0.435. The van der Waals surface area contributed by atoms with Gasteiger partial charge >= 0.3 is 0 Å². The van der Waals surface area contributed by atoms with Crippen LogP contribution in [0.15, 0.2) is 36.4 Å². The van der Waals surface area contributed by atoms with Crippen molar-refractivity contribution in [1.29, 1.82) is 0 Å². The van der Waals surface area contributed by atoms with Gasteiger partial charge in [0.25, 0.3) is 0 Å². The molecule has 8 nitrogen and oxygen atoms in total. The first-order valence-corrected chi connectivity index (χ1v) is 11.9. The summed E-state index contributed by atoms with van der Waals surface area (Å²) in [5.41, 5.74) is 3.60. The number of carbonyl (C=O) groups is 1. The highest BCUT2D eigenvalue weighted by Crippen LogP contribution is 2.31. The summed E-state index contributed by atoms with van der Waals surface area (Å²) in [6.07, 6.45) is 0.862. The molecule has 1 aromatic heterocycles. The van der Waals surface area contributed by atoms with E-state index in [4.69, 9.17) is 23.2 Å². The number of halogens is 2. The van der Waals surface area contributed by atoms with Gasteiger partial charge in [0, 0.05) is 35.4 Å². The van der Waals surface area contributed by atoms with Crippen molar-refractivity contribution in [3.63, 3.8) is 0 Å². The average molecular weight is 489 g/mol. The molecule has 2 N–H and O–H groups in total. The highest BCUT2D eigenvalue weighted by atomic mass is 35.5. The standard InChI is InChI=1S/C23H26Cl2N6O2/c1-14(18-4-2-15(24)10-19(18)25)31-22-11-16(3-5-20(22)27-28-31)29-8-9-30(17(12-29)13-32)23(33)21-6-7-26-21/h2-5,10-11,14,17,21,26,32H,6-9,12-13H2,1H3/t14-,17+,21-/m1/s1. The van der Waals surface area contributed by atoms with E-state index in [9.17, 15) is 9.90 Å². The van der Waals surface area contributed by atoms with Gasteiger partial charge in [-0.25, -0.2) is 4.68 Å². The quantitative estimate of drug-likeness (QED) is 0.574. The predicted octanol–water partition coefficient (Wildman–Crippen LogP) is 2.72. The molecular formula is C23H26Cl2N6O2. The molecule has 5 rings (SSSR count). The zero-order valence-electron chi connectivity index (χ0n) is 18.3. The Bertz CT molecular complexity index is 1180. The summed E-state index contributed by atoms with van der Waals surface area (Å²) in [5, 5.41) is 23.0. The van der Waals surface area contributed by atoms with Crippen LogP contribution in [0, 0.1) is 0 Å². The summed E-state index contributed by atoms with van der Waals surface area (Å²) < 4.78 is 1.86. The molecule has 2 aliphatic rings. The van der Waals surface area contributed by atoms with E-state index in [2.05, 4.69) is 26.6 Å². The number of anilines is 1. The summed E-state index contributed by atoms with van der Waals surface area (Å²) in [5.74, 6) is 0.0892. The minimum Gasteiger partial charge on any atom is -0.394 e. The van der Waals surface area contributed by atoms with Gasteiger partial charge in [0.2, 0.25) is 5.91 Å². The van der Waals surface area contributed by atoms with Crippen LogP contribution in [0.5, 0.6) is 0 Å². The molecule has 33 heavy (non-hydrogen) atoms. The van der Waals surface area contributed by atoms with Gasteiger partial charge in [-0.05, 0) is 55.8 Å². The van der Waals surface area contributed by atoms with E-state index in [1.165, 1.54) is 0 Å². The number of nitrogens with one attached hydrogen (secondary N) is 1. The van der Waals surface area contributed by atoms with Crippen LogP contribution in [0.25, 0.3) is 11.0 Å². The van der Waals surface area contributed by atoms with Crippen LogP contribution in [0.4, 0.5) is 5.69 Å². The molecule has 2 saturated heterocycles. The van der Waals surface area contributed by atoms with Crippen molar-refractivity contribution in [2.24, 2.45) is 0 Å². The van der Waals surface area contributed by atoms with Crippen LogP contribution in [-0.2, 0) is 4.79 Å². The number of fused-ring (bicyclic) bond motifs is 1. The van der Waals surface area contributed by atoms with Gasteiger partial charge in [-0.15, -0.1) is 5.10 Å². The maximum absolute atomic E-state index is 12.7. The molecule has 2 fully saturated rings. The second kappa shape index (κ2) is 9.10. The Morgan fingerprint density at radius 1 is 1.24 bits per heavy atom. The van der Waals surface area contributed by atoms with Gasteiger partial charge in [0.15, 0.2) is 0 Å². The Labute approximate surface area is 202 Å². The van der Waals surface area contributed by atoms with Crippen LogP contribution >= 0.6 is 23.2 Å². The number of rotatable bonds is 5. The van der Waals surface area contributed by atoms with E-state index in [-0.39, 0.29) is 30.6 Å². The molecule has 0 bridgehead atoms. The van der Waals surface area contributed by atoms with E-state index in [1.54, 1.807) is 6.07 Å². The van der Waals surface area contributed by atoms with Gasteiger partial charge in [0.05, 0.1) is 30.2 Å². The largest absolute Gasteiger partial charge is 0.394 e. The normalized spacial score (nSPS) is 21.8. The molecule has 0 saturated carbocycles. The second-order valence-electron chi connectivity index (χ2n) is 8.66. The van der Waals surface area contributed by atoms with E-state index in [0.29, 0.717) is 29.7 Å². The number of aliphatic hydroxyl groups excluding tert-OH is 1. The van der Waals surface area contributed by atoms with Gasteiger partial charge in [0.1, 0.15) is 5.52 Å². The third-order valence-electron chi connectivity index (χ3n) is 6.70. The molecule has 0 radical (unpaired) electrons. The number of hydrogen-bond donors (Lipinski definition) is 2. The van der Waals surface area contributed by atoms with E-state index in [1.807, 2.05) is 40.8 Å². The van der Waals surface area contributed by atoms with Crippen molar-refractivity contribution < 1.29 is 9.90 Å². The third-order valence-corrected chi connectivity index (χ3v) is 7.26. The number of nitrogens with zero attached hydrogens (tertiary/aromatic N) is 5. The van der Waals surface area contributed by atoms with Gasteiger partial charge in [-0.2, -0.15) is 0 Å². The Hall–Kier alpha value is -2.39. The maximum Gasteiger partial charge on any atom is 0.240 e. The van der Waals surface area contributed by atoms with E-state index < -0.39 is 0 Å². The van der Waals surface area contributed by atoms with Crippen LogP contribution in [0.2, 0.25) is 10.0 Å². The van der Waals surface area contributed by atoms with Crippen molar-refractivity contribution in [2.75, 3.05) is 37.7 Å². The summed E-state index contributed by atoms with van der Waals surface area (Å²) in [7, 11) is 0. The molecule has 0 unspecified atom stereocenters. The Morgan fingerprint density at radius 2 is 2.06 bits per heavy atom. The Kier molecular flexibility index (Phi) is 6.18. The molecule has 0 spiro atoms. The lowest BCUT2D eigenvalue weighted by Gasteiger charge is -2.44. The van der Waals surface area contributed by atoms with Gasteiger partial charge < -0.3 is 20.2 Å². The van der Waals surface area contributed by atoms with Crippen molar-refractivity contribution >= 4 is 45.8 Å². The monoisotopic (exact) mass is 488 g/mol. The van der Waals surface area contributed by atoms with Crippen LogP contribution in [-0.4, -0.2) is 75.8 Å². The number of hydrogen-bond acceptors (Lipinski definition) is 6. The summed E-state index contributed by atoms with van der Waals surface area (Å²) in [6.45, 7) is 4.68. The lowest BCUT2D eigenvalue weighted by atomic mass is 10.0. The summed E-state index contributed by atoms with van der Waals surface area (Å²) in [4.78, 5) is 16.8. The average Bonchev–Trinajstić information content (AvgIpc) is 3.20. The maximum atomic E-state index is 12.7. The minimum atomic E-state index is -0.237. The summed E-state index contributed by atoms with van der Waals surface area (Å²) >= 11 is 12.5. The molecule has 2 aromatic carbocycles. The Morgan fingerprint density at radius 3 is 2.76 bits per heavy atom. The first-order valence-electron chi connectivity index (χ1n) is 11.2.